The van der Waals surface area contributed by atoms with E-state index in [1.54, 1.807) is 19.1 Å². The van der Waals surface area contributed by atoms with E-state index in [0.717, 1.165) is 37.9 Å². The monoisotopic (exact) mass is 474 g/mol. The first-order chi connectivity index (χ1) is 17.0. The molecule has 0 saturated heterocycles. The number of pyridine rings is 2. The summed E-state index contributed by atoms with van der Waals surface area (Å²) < 4.78 is 13.8. The molecule has 0 aliphatic heterocycles. The van der Waals surface area contributed by atoms with E-state index < -0.39 is 0 Å². The van der Waals surface area contributed by atoms with E-state index >= 15 is 0 Å². The lowest BCUT2D eigenvalue weighted by atomic mass is 10.0. The highest BCUT2D eigenvalue weighted by atomic mass is 16.5. The number of amides is 1. The molecule has 1 saturated carbocycles. The van der Waals surface area contributed by atoms with E-state index in [0.29, 0.717) is 23.0 Å². The van der Waals surface area contributed by atoms with Crippen molar-refractivity contribution in [3.8, 4) is 11.5 Å². The van der Waals surface area contributed by atoms with Gasteiger partial charge >= 0.3 is 0 Å². The fraction of sp³-hybridized carbons (Fsp3) is 0.414. The molecule has 0 radical (unpaired) electrons. The average Bonchev–Trinajstić information content (AvgIpc) is 3.40. The summed E-state index contributed by atoms with van der Waals surface area (Å²) in [5, 5.41) is 0. The third-order valence-electron chi connectivity index (χ3n) is 6.74. The molecule has 1 aromatic carbocycles. The first-order valence-electron chi connectivity index (χ1n) is 12.5. The van der Waals surface area contributed by atoms with Gasteiger partial charge < -0.3 is 14.4 Å². The molecule has 1 atom stereocenters. The van der Waals surface area contributed by atoms with Crippen LogP contribution in [0.4, 0.5) is 5.69 Å². The molecule has 1 aliphatic carbocycles. The summed E-state index contributed by atoms with van der Waals surface area (Å²) in [6, 6.07) is 13.6. The number of rotatable bonds is 10. The maximum Gasteiger partial charge on any atom is 0.264 e. The number of anilines is 1. The summed E-state index contributed by atoms with van der Waals surface area (Å²) in [6.07, 6.45) is 14.5. The topological polar surface area (TPSA) is 55.5 Å². The van der Waals surface area contributed by atoms with Gasteiger partial charge in [0, 0.05) is 43.2 Å². The van der Waals surface area contributed by atoms with Gasteiger partial charge in [-0.3, -0.25) is 9.78 Å². The number of carbonyl (C=O) groups excluding carboxylic acids is 1. The Morgan fingerprint density at radius 1 is 1.14 bits per heavy atom. The highest BCUT2D eigenvalue weighted by Gasteiger charge is 2.22. The van der Waals surface area contributed by atoms with Gasteiger partial charge in [-0.1, -0.05) is 6.92 Å². The summed E-state index contributed by atoms with van der Waals surface area (Å²) in [5.74, 6) is 1.82. The molecular weight excluding hydrogens is 438 g/mol. The zero-order valence-electron chi connectivity index (χ0n) is 21.0. The maximum atomic E-state index is 13.3. The van der Waals surface area contributed by atoms with Crippen molar-refractivity contribution in [1.82, 2.24) is 4.98 Å². The van der Waals surface area contributed by atoms with Crippen LogP contribution in [-0.4, -0.2) is 31.2 Å². The highest BCUT2D eigenvalue weighted by molar-refractivity contribution is 6.05. The van der Waals surface area contributed by atoms with Crippen LogP contribution < -0.4 is 18.9 Å². The lowest BCUT2D eigenvalue weighted by Crippen LogP contribution is -2.38. The molecule has 184 valence electrons. The number of nitrogens with zero attached hydrogens (tertiary/aromatic N) is 3. The Balaban J connectivity index is 1.42. The van der Waals surface area contributed by atoms with Gasteiger partial charge in [0.05, 0.1) is 13.2 Å². The molecule has 6 nitrogen and oxygen atoms in total. The molecule has 0 spiro atoms. The molecule has 1 unspecified atom stereocenters. The number of hydrogen-bond acceptors (Lipinski definition) is 4. The molecule has 0 bridgehead atoms. The number of benzene rings is 1. The highest BCUT2D eigenvalue weighted by Crippen LogP contribution is 2.35. The molecule has 2 aromatic heterocycles. The molecule has 2 heterocycles. The van der Waals surface area contributed by atoms with Crippen molar-refractivity contribution in [2.75, 3.05) is 19.1 Å². The zero-order valence-corrected chi connectivity index (χ0v) is 21.0. The third-order valence-corrected chi connectivity index (χ3v) is 6.74. The van der Waals surface area contributed by atoms with Gasteiger partial charge in [0.2, 0.25) is 0 Å². The van der Waals surface area contributed by atoms with Crippen LogP contribution >= 0.6 is 0 Å². The quantitative estimate of drug-likeness (QED) is 0.377. The minimum Gasteiger partial charge on any atom is -0.493 e. The van der Waals surface area contributed by atoms with Crippen molar-refractivity contribution < 1.29 is 18.8 Å². The van der Waals surface area contributed by atoms with Crippen molar-refractivity contribution in [3.05, 3.63) is 78.4 Å². The smallest absolute Gasteiger partial charge is 0.264 e. The van der Waals surface area contributed by atoms with Gasteiger partial charge in [0.15, 0.2) is 30.4 Å². The summed E-state index contributed by atoms with van der Waals surface area (Å²) in [4.78, 5) is 19.1. The number of methoxy groups -OCH3 is 1. The first kappa shape index (κ1) is 24.7. The molecule has 4 rings (SSSR count). The second kappa shape index (κ2) is 11.8. The van der Waals surface area contributed by atoms with Gasteiger partial charge in [-0.05, 0) is 74.4 Å². The Hall–Kier alpha value is -3.41. The van der Waals surface area contributed by atoms with Crippen LogP contribution in [0.3, 0.4) is 0 Å². The van der Waals surface area contributed by atoms with Crippen LogP contribution in [0.1, 0.15) is 54.9 Å². The van der Waals surface area contributed by atoms with Gasteiger partial charge in [0.1, 0.15) is 5.56 Å². The standard InChI is InChI=1S/C29H36N3O3/c1-22(10-11-23-14-16-30-17-15-23)20-32-18-6-7-24(21-32)29(33)31(2)25-12-13-27(34-3)28(19-25)35-26-8-4-5-9-26/h6-7,12-19,21-22,26H,4-5,8-11,20H2,1-3H3/q+1. The molecule has 0 N–H and O–H groups in total. The Labute approximate surface area is 208 Å². The van der Waals surface area contributed by atoms with Gasteiger partial charge in [-0.25, -0.2) is 4.57 Å². The summed E-state index contributed by atoms with van der Waals surface area (Å²) in [7, 11) is 3.45. The van der Waals surface area contributed by atoms with Crippen LogP contribution in [0.15, 0.2) is 67.3 Å². The predicted octanol–water partition coefficient (Wildman–Crippen LogP) is 5.24. The van der Waals surface area contributed by atoms with E-state index in [2.05, 4.69) is 28.6 Å². The number of hydrogen-bond donors (Lipinski definition) is 0. The third kappa shape index (κ3) is 6.59. The maximum absolute atomic E-state index is 13.3. The van der Waals surface area contributed by atoms with Crippen LogP contribution in [0.5, 0.6) is 11.5 Å². The van der Waals surface area contributed by atoms with Crippen LogP contribution in [0.25, 0.3) is 0 Å². The van der Waals surface area contributed by atoms with Crippen LogP contribution in [0, 0.1) is 5.92 Å². The first-order valence-corrected chi connectivity index (χ1v) is 12.5. The molecule has 1 aliphatic rings. The fourth-order valence-corrected chi connectivity index (χ4v) is 4.64. The second-order valence-electron chi connectivity index (χ2n) is 9.51. The molecular formula is C29H36N3O3+. The Morgan fingerprint density at radius 2 is 1.91 bits per heavy atom. The van der Waals surface area contributed by atoms with Gasteiger partial charge in [-0.2, -0.15) is 0 Å². The summed E-state index contributed by atoms with van der Waals surface area (Å²) in [5.41, 5.74) is 2.74. The molecule has 3 aromatic rings. The van der Waals surface area contributed by atoms with Crippen molar-refractivity contribution in [2.24, 2.45) is 5.92 Å². The van der Waals surface area contributed by atoms with E-state index in [4.69, 9.17) is 9.47 Å². The van der Waals surface area contributed by atoms with Crippen molar-refractivity contribution in [2.45, 2.75) is 58.1 Å². The minimum atomic E-state index is -0.0548. The predicted molar refractivity (Wildman–Crippen MR) is 137 cm³/mol. The van der Waals surface area contributed by atoms with E-state index in [9.17, 15) is 4.79 Å². The lowest BCUT2D eigenvalue weighted by molar-refractivity contribution is -0.703. The van der Waals surface area contributed by atoms with Crippen molar-refractivity contribution >= 4 is 11.6 Å². The Kier molecular flexibility index (Phi) is 8.35. The van der Waals surface area contributed by atoms with E-state index in [1.807, 2.05) is 55.1 Å². The number of ether oxygens (including phenoxy) is 2. The molecule has 6 heteroatoms. The summed E-state index contributed by atoms with van der Waals surface area (Å²) >= 11 is 0. The summed E-state index contributed by atoms with van der Waals surface area (Å²) in [6.45, 7) is 3.11. The van der Waals surface area contributed by atoms with Crippen molar-refractivity contribution in [1.29, 1.82) is 0 Å². The van der Waals surface area contributed by atoms with Crippen molar-refractivity contribution in [3.63, 3.8) is 0 Å². The molecule has 1 fully saturated rings. The molecule has 1 amide bonds. The molecule has 35 heavy (non-hydrogen) atoms. The second-order valence-corrected chi connectivity index (χ2v) is 9.51. The van der Waals surface area contributed by atoms with Gasteiger partial charge in [0.25, 0.3) is 5.91 Å². The lowest BCUT2D eigenvalue weighted by Gasteiger charge is -2.21. The van der Waals surface area contributed by atoms with Gasteiger partial charge in [-0.15, -0.1) is 0 Å². The van der Waals surface area contributed by atoms with E-state index in [-0.39, 0.29) is 12.0 Å². The Bertz CT molecular complexity index is 1110. The Morgan fingerprint density at radius 3 is 2.66 bits per heavy atom. The number of carbonyl (C=O) groups is 1. The minimum absolute atomic E-state index is 0.0548. The number of aromatic nitrogens is 2. The number of aryl methyl sites for hydroxylation is 1. The normalized spacial score (nSPS) is 14.5. The fourth-order valence-electron chi connectivity index (χ4n) is 4.64. The van der Waals surface area contributed by atoms with Crippen LogP contribution in [0.2, 0.25) is 0 Å². The average molecular weight is 475 g/mol. The largest absolute Gasteiger partial charge is 0.493 e. The van der Waals surface area contributed by atoms with Crippen LogP contribution in [-0.2, 0) is 13.0 Å². The van der Waals surface area contributed by atoms with E-state index in [1.165, 1.54) is 18.4 Å². The zero-order chi connectivity index (χ0) is 24.6. The SMILES string of the molecule is COc1ccc(N(C)C(=O)c2ccc[n+](CC(C)CCc3ccncc3)c2)cc1OC1CCCC1.